The summed E-state index contributed by atoms with van der Waals surface area (Å²) < 4.78 is 0. The second-order valence-corrected chi connectivity index (χ2v) is 8.42. The van der Waals surface area contributed by atoms with E-state index in [0.717, 1.165) is 0 Å². The van der Waals surface area contributed by atoms with Crippen molar-refractivity contribution in [1.82, 2.24) is 20.4 Å². The van der Waals surface area contributed by atoms with Crippen molar-refractivity contribution in [3.63, 3.8) is 0 Å². The van der Waals surface area contributed by atoms with E-state index >= 15 is 0 Å². The van der Waals surface area contributed by atoms with E-state index in [1.165, 1.54) is 21.9 Å². The lowest BCUT2D eigenvalue weighted by atomic mass is 10.1. The maximum absolute atomic E-state index is 12.5. The molecular weight excluding hydrogens is 520 g/mol. The Morgan fingerprint density at radius 2 is 1.46 bits per heavy atom. The molecule has 1 aliphatic rings. The SMILES string of the molecule is [N-]=[N+]=NCC(=O)N1CCN(C(=O)Nc2ccc(C[C@H](NC(=O)N[C@@H](CCC(=O)O)C(=O)O)C(=O)O)cc2)CC1. The maximum Gasteiger partial charge on any atom is 0.326 e. The van der Waals surface area contributed by atoms with Gasteiger partial charge in [-0.3, -0.25) is 9.59 Å². The molecule has 0 aliphatic carbocycles. The molecule has 17 nitrogen and oxygen atoms in total. The maximum atomic E-state index is 12.5. The third-order valence-corrected chi connectivity index (χ3v) is 5.69. The van der Waals surface area contributed by atoms with Crippen LogP contribution >= 0.6 is 0 Å². The zero-order valence-corrected chi connectivity index (χ0v) is 20.6. The van der Waals surface area contributed by atoms with E-state index in [9.17, 15) is 33.9 Å². The van der Waals surface area contributed by atoms with Crippen molar-refractivity contribution >= 4 is 41.6 Å². The van der Waals surface area contributed by atoms with Crippen molar-refractivity contribution in [1.29, 1.82) is 0 Å². The molecule has 210 valence electrons. The molecule has 39 heavy (non-hydrogen) atoms. The fraction of sp³-hybridized carbons (Fsp3) is 0.455. The van der Waals surface area contributed by atoms with E-state index in [1.807, 2.05) is 0 Å². The highest BCUT2D eigenvalue weighted by Gasteiger charge is 2.26. The second kappa shape index (κ2) is 14.6. The molecule has 17 heteroatoms. The number of azide groups is 1. The smallest absolute Gasteiger partial charge is 0.326 e. The molecule has 0 bridgehead atoms. The number of nitrogens with one attached hydrogen (secondary N) is 3. The average molecular weight is 549 g/mol. The van der Waals surface area contributed by atoms with Gasteiger partial charge in [0.05, 0.1) is 0 Å². The number of urea groups is 2. The number of hydrogen-bond donors (Lipinski definition) is 6. The van der Waals surface area contributed by atoms with E-state index < -0.39 is 48.5 Å². The fourth-order valence-corrected chi connectivity index (χ4v) is 3.60. The minimum absolute atomic E-state index is 0.157. The van der Waals surface area contributed by atoms with Crippen molar-refractivity contribution in [3.8, 4) is 0 Å². The standard InChI is InChI=1S/C22H28N8O9/c23-28-24-12-17(31)29-7-9-30(10-8-29)22(39)25-14-3-1-13(2-4-14)11-16(20(36)37)27-21(38)26-15(19(34)35)5-6-18(32)33/h1-4,15-16H,5-12H2,(H,25,39)(H,32,33)(H,34,35)(H,36,37)(H2,26,27,38)/t15-,16-/m0/s1. The van der Waals surface area contributed by atoms with Crippen LogP contribution in [0.25, 0.3) is 10.4 Å². The van der Waals surface area contributed by atoms with Gasteiger partial charge in [-0.05, 0) is 29.6 Å². The molecule has 1 fully saturated rings. The normalized spacial score (nSPS) is 14.3. The minimum Gasteiger partial charge on any atom is -0.481 e. The predicted octanol–water partition coefficient (Wildman–Crippen LogP) is 0.286. The average Bonchev–Trinajstić information content (AvgIpc) is 2.90. The van der Waals surface area contributed by atoms with E-state index in [1.54, 1.807) is 12.1 Å². The number of carbonyl (C=O) groups is 6. The topological polar surface area (TPSA) is 254 Å². The number of hydrogen-bond acceptors (Lipinski definition) is 7. The van der Waals surface area contributed by atoms with Crippen molar-refractivity contribution in [2.75, 3.05) is 38.0 Å². The third-order valence-electron chi connectivity index (χ3n) is 5.69. The van der Waals surface area contributed by atoms with Gasteiger partial charge in [-0.15, -0.1) is 0 Å². The lowest BCUT2D eigenvalue weighted by molar-refractivity contribution is -0.140. The van der Waals surface area contributed by atoms with Crippen LogP contribution in [-0.2, 0) is 25.6 Å². The molecule has 0 radical (unpaired) electrons. The molecule has 5 amide bonds. The number of carboxylic acid groups (broad SMARTS) is 3. The van der Waals surface area contributed by atoms with Gasteiger partial charge in [-0.25, -0.2) is 19.2 Å². The summed E-state index contributed by atoms with van der Waals surface area (Å²) in [6.45, 7) is 0.845. The van der Waals surface area contributed by atoms with E-state index in [2.05, 4.69) is 26.0 Å². The molecule has 1 saturated heterocycles. The number of anilines is 1. The molecule has 2 atom stereocenters. The van der Waals surface area contributed by atoms with E-state index in [4.69, 9.17) is 15.7 Å². The van der Waals surface area contributed by atoms with Crippen LogP contribution < -0.4 is 16.0 Å². The molecule has 0 saturated carbocycles. The Labute approximate surface area is 221 Å². The number of piperazine rings is 1. The van der Waals surface area contributed by atoms with Crippen LogP contribution in [0.5, 0.6) is 0 Å². The molecule has 1 aromatic carbocycles. The van der Waals surface area contributed by atoms with Gasteiger partial charge < -0.3 is 41.1 Å². The lowest BCUT2D eigenvalue weighted by Gasteiger charge is -2.34. The van der Waals surface area contributed by atoms with Crippen LogP contribution in [0.15, 0.2) is 29.4 Å². The summed E-state index contributed by atoms with van der Waals surface area (Å²) in [7, 11) is 0. The summed E-state index contributed by atoms with van der Waals surface area (Å²) in [5.74, 6) is -4.41. The van der Waals surface area contributed by atoms with Crippen LogP contribution in [0.4, 0.5) is 15.3 Å². The summed E-state index contributed by atoms with van der Waals surface area (Å²) in [5, 5.41) is 37.5. The first kappa shape index (κ1) is 30.2. The van der Waals surface area contributed by atoms with Crippen molar-refractivity contribution in [3.05, 3.63) is 40.3 Å². The van der Waals surface area contributed by atoms with Crippen LogP contribution in [0, 0.1) is 0 Å². The second-order valence-electron chi connectivity index (χ2n) is 8.42. The van der Waals surface area contributed by atoms with Crippen LogP contribution in [0.2, 0.25) is 0 Å². The quantitative estimate of drug-likeness (QED) is 0.119. The zero-order chi connectivity index (χ0) is 28.9. The number of carboxylic acids is 3. The number of rotatable bonds is 12. The summed E-state index contributed by atoms with van der Waals surface area (Å²) in [4.78, 5) is 75.7. The first-order valence-corrected chi connectivity index (χ1v) is 11.7. The molecule has 0 aromatic heterocycles. The van der Waals surface area contributed by atoms with Gasteiger partial charge >= 0.3 is 30.0 Å². The number of carbonyl (C=O) groups excluding carboxylic acids is 3. The Hall–Kier alpha value is -5.05. The van der Waals surface area contributed by atoms with Gasteiger partial charge in [0.2, 0.25) is 5.91 Å². The Balaban J connectivity index is 1.88. The van der Waals surface area contributed by atoms with Gasteiger partial charge in [-0.1, -0.05) is 17.2 Å². The Morgan fingerprint density at radius 3 is 2.00 bits per heavy atom. The van der Waals surface area contributed by atoms with Gasteiger partial charge in [-0.2, -0.15) is 0 Å². The molecule has 0 spiro atoms. The van der Waals surface area contributed by atoms with Crippen molar-refractivity contribution in [2.24, 2.45) is 5.11 Å². The molecule has 1 heterocycles. The summed E-state index contributed by atoms with van der Waals surface area (Å²) in [6, 6.07) is 1.76. The first-order chi connectivity index (χ1) is 18.5. The minimum atomic E-state index is -1.51. The number of aliphatic carboxylic acids is 3. The van der Waals surface area contributed by atoms with Crippen molar-refractivity contribution < 1.29 is 44.1 Å². The Bertz CT molecular complexity index is 1130. The zero-order valence-electron chi connectivity index (χ0n) is 20.6. The largest absolute Gasteiger partial charge is 0.481 e. The van der Waals surface area contributed by atoms with Gasteiger partial charge in [0, 0.05) is 49.6 Å². The number of benzene rings is 1. The Kier molecular flexibility index (Phi) is 11.3. The lowest BCUT2D eigenvalue weighted by Crippen LogP contribution is -2.52. The molecule has 6 N–H and O–H groups in total. The van der Waals surface area contributed by atoms with Crippen molar-refractivity contribution in [2.45, 2.75) is 31.3 Å². The van der Waals surface area contributed by atoms with E-state index in [-0.39, 0.29) is 51.5 Å². The monoisotopic (exact) mass is 548 g/mol. The summed E-state index contributed by atoms with van der Waals surface area (Å²) >= 11 is 0. The highest BCUT2D eigenvalue weighted by Crippen LogP contribution is 2.13. The van der Waals surface area contributed by atoms with E-state index in [0.29, 0.717) is 11.3 Å². The van der Waals surface area contributed by atoms with Crippen LogP contribution in [0.1, 0.15) is 18.4 Å². The summed E-state index contributed by atoms with van der Waals surface area (Å²) in [5.41, 5.74) is 9.23. The predicted molar refractivity (Wildman–Crippen MR) is 133 cm³/mol. The van der Waals surface area contributed by atoms with Gasteiger partial charge in [0.1, 0.15) is 18.6 Å². The molecule has 1 aromatic rings. The highest BCUT2D eigenvalue weighted by molar-refractivity contribution is 5.90. The first-order valence-electron chi connectivity index (χ1n) is 11.7. The fourth-order valence-electron chi connectivity index (χ4n) is 3.60. The Morgan fingerprint density at radius 1 is 0.897 bits per heavy atom. The number of nitrogens with zero attached hydrogens (tertiary/aromatic N) is 5. The molecule has 1 aliphatic heterocycles. The highest BCUT2D eigenvalue weighted by atomic mass is 16.4. The third kappa shape index (κ3) is 10.1. The van der Waals surface area contributed by atoms with Crippen LogP contribution in [0.3, 0.4) is 0 Å². The molecular formula is C22H28N8O9. The van der Waals surface area contributed by atoms with Gasteiger partial charge in [0.15, 0.2) is 0 Å². The molecule has 0 unspecified atom stereocenters. The summed E-state index contributed by atoms with van der Waals surface area (Å²) in [6.07, 6.45) is -1.04. The number of amides is 5. The van der Waals surface area contributed by atoms with Crippen LogP contribution in [-0.4, -0.2) is 106 Å². The molecule has 2 rings (SSSR count). The van der Waals surface area contributed by atoms with Gasteiger partial charge in [0.25, 0.3) is 0 Å².